The molecule has 172 valence electrons. The topological polar surface area (TPSA) is 74.3 Å². The molecule has 2 N–H and O–H groups in total. The second kappa shape index (κ2) is 10.2. The molecule has 1 fully saturated rings. The van der Waals surface area contributed by atoms with Gasteiger partial charge in [-0.05, 0) is 49.4 Å². The number of para-hydroxylation sites is 1. The van der Waals surface area contributed by atoms with Crippen molar-refractivity contribution in [3.05, 3.63) is 64.5 Å². The first-order chi connectivity index (χ1) is 15.9. The SMILES string of the molecule is Cc1nc(-c2cccc(NC(=O)CNc3ccccc3C(=O)N3CC(C)CC(C)C3)c2)cs1. The number of carbonyl (C=O) groups is 2. The number of aromatic nitrogens is 1. The van der Waals surface area contributed by atoms with Crippen LogP contribution in [0.25, 0.3) is 11.3 Å². The molecular weight excluding hydrogens is 432 g/mol. The van der Waals surface area contributed by atoms with E-state index < -0.39 is 0 Å². The van der Waals surface area contributed by atoms with Gasteiger partial charge in [0.25, 0.3) is 5.91 Å². The summed E-state index contributed by atoms with van der Waals surface area (Å²) in [5, 5.41) is 9.10. The minimum Gasteiger partial charge on any atom is -0.376 e. The van der Waals surface area contributed by atoms with E-state index in [4.69, 9.17) is 0 Å². The first-order valence-electron chi connectivity index (χ1n) is 11.3. The van der Waals surface area contributed by atoms with Crippen molar-refractivity contribution < 1.29 is 9.59 Å². The van der Waals surface area contributed by atoms with E-state index >= 15 is 0 Å². The van der Waals surface area contributed by atoms with Crippen molar-refractivity contribution in [3.8, 4) is 11.3 Å². The molecule has 0 saturated carbocycles. The Morgan fingerprint density at radius 3 is 2.58 bits per heavy atom. The van der Waals surface area contributed by atoms with Crippen LogP contribution in [0.2, 0.25) is 0 Å². The molecule has 2 atom stereocenters. The number of hydrogen-bond donors (Lipinski definition) is 2. The summed E-state index contributed by atoms with van der Waals surface area (Å²) in [6.07, 6.45) is 1.15. The van der Waals surface area contributed by atoms with Crippen molar-refractivity contribution in [1.82, 2.24) is 9.88 Å². The first kappa shape index (κ1) is 23.0. The molecule has 1 aliphatic rings. The lowest BCUT2D eigenvalue weighted by molar-refractivity contribution is -0.114. The Labute approximate surface area is 199 Å². The smallest absolute Gasteiger partial charge is 0.255 e. The van der Waals surface area contributed by atoms with Crippen molar-refractivity contribution in [2.24, 2.45) is 11.8 Å². The van der Waals surface area contributed by atoms with Crippen molar-refractivity contribution in [1.29, 1.82) is 0 Å². The molecule has 0 spiro atoms. The van der Waals surface area contributed by atoms with Gasteiger partial charge in [-0.1, -0.05) is 38.1 Å². The molecule has 2 unspecified atom stereocenters. The lowest BCUT2D eigenvalue weighted by Gasteiger charge is -2.35. The van der Waals surface area contributed by atoms with E-state index in [1.54, 1.807) is 11.3 Å². The van der Waals surface area contributed by atoms with Crippen molar-refractivity contribution in [2.45, 2.75) is 27.2 Å². The molecule has 1 saturated heterocycles. The second-order valence-corrected chi connectivity index (χ2v) is 10.00. The van der Waals surface area contributed by atoms with Crippen LogP contribution in [0.1, 0.15) is 35.6 Å². The maximum absolute atomic E-state index is 13.2. The fourth-order valence-electron chi connectivity index (χ4n) is 4.46. The van der Waals surface area contributed by atoms with Gasteiger partial charge in [-0.3, -0.25) is 9.59 Å². The van der Waals surface area contributed by atoms with Gasteiger partial charge in [0.05, 0.1) is 22.8 Å². The molecule has 7 heteroatoms. The van der Waals surface area contributed by atoms with Gasteiger partial charge in [0, 0.05) is 35.4 Å². The van der Waals surface area contributed by atoms with Gasteiger partial charge < -0.3 is 15.5 Å². The van der Waals surface area contributed by atoms with E-state index in [1.807, 2.05) is 65.7 Å². The monoisotopic (exact) mass is 462 g/mol. The molecule has 0 bridgehead atoms. The summed E-state index contributed by atoms with van der Waals surface area (Å²) < 4.78 is 0. The zero-order chi connectivity index (χ0) is 23.4. The quantitative estimate of drug-likeness (QED) is 0.522. The molecule has 0 radical (unpaired) electrons. The summed E-state index contributed by atoms with van der Waals surface area (Å²) in [5.41, 5.74) is 3.86. The average Bonchev–Trinajstić information content (AvgIpc) is 3.23. The Hall–Kier alpha value is -3.19. The van der Waals surface area contributed by atoms with Crippen LogP contribution in [0.4, 0.5) is 11.4 Å². The fraction of sp³-hybridized carbons (Fsp3) is 0.346. The van der Waals surface area contributed by atoms with Crippen molar-refractivity contribution in [2.75, 3.05) is 30.3 Å². The van der Waals surface area contributed by atoms with Crippen LogP contribution < -0.4 is 10.6 Å². The number of piperidine rings is 1. The highest BCUT2D eigenvalue weighted by Gasteiger charge is 2.27. The Balaban J connectivity index is 1.40. The Kier molecular flexibility index (Phi) is 7.08. The zero-order valence-corrected chi connectivity index (χ0v) is 20.1. The number of nitrogens with zero attached hydrogens (tertiary/aromatic N) is 2. The number of nitrogens with one attached hydrogen (secondary N) is 2. The summed E-state index contributed by atoms with van der Waals surface area (Å²) >= 11 is 1.60. The van der Waals surface area contributed by atoms with E-state index in [2.05, 4.69) is 29.5 Å². The molecular formula is C26H30N4O2S. The number of amides is 2. The molecule has 2 aromatic carbocycles. The van der Waals surface area contributed by atoms with Gasteiger partial charge in [0.1, 0.15) is 0 Å². The highest BCUT2D eigenvalue weighted by molar-refractivity contribution is 7.09. The fourth-order valence-corrected chi connectivity index (χ4v) is 5.08. The van der Waals surface area contributed by atoms with Crippen LogP contribution in [0, 0.1) is 18.8 Å². The average molecular weight is 463 g/mol. The summed E-state index contributed by atoms with van der Waals surface area (Å²) in [6.45, 7) is 7.96. The van der Waals surface area contributed by atoms with Crippen LogP contribution in [0.3, 0.4) is 0 Å². The van der Waals surface area contributed by atoms with Gasteiger partial charge in [-0.25, -0.2) is 4.98 Å². The number of anilines is 2. The van der Waals surface area contributed by atoms with Crippen LogP contribution in [0.5, 0.6) is 0 Å². The number of thiazole rings is 1. The molecule has 33 heavy (non-hydrogen) atoms. The minimum absolute atomic E-state index is 0.0168. The predicted octanol–water partition coefficient (Wildman–Crippen LogP) is 5.29. The van der Waals surface area contributed by atoms with Gasteiger partial charge in [-0.15, -0.1) is 11.3 Å². The maximum atomic E-state index is 13.2. The lowest BCUT2D eigenvalue weighted by atomic mass is 9.91. The molecule has 2 amide bonds. The minimum atomic E-state index is -0.177. The van der Waals surface area contributed by atoms with Gasteiger partial charge in [0.15, 0.2) is 0 Å². The van der Waals surface area contributed by atoms with Gasteiger partial charge in [0.2, 0.25) is 5.91 Å². The summed E-state index contributed by atoms with van der Waals surface area (Å²) in [5.74, 6) is 0.826. The Bertz CT molecular complexity index is 1130. The standard InChI is InChI=1S/C26H30N4O2S/c1-17-11-18(2)15-30(14-17)26(32)22-9-4-5-10-23(22)27-13-25(31)29-21-8-6-7-20(12-21)24-16-33-19(3)28-24/h4-10,12,16-18,27H,11,13-15H2,1-3H3,(H,29,31). The third-order valence-corrected chi connectivity index (χ3v) is 6.59. The number of benzene rings is 2. The molecule has 1 aliphatic heterocycles. The highest BCUT2D eigenvalue weighted by atomic mass is 32.1. The zero-order valence-electron chi connectivity index (χ0n) is 19.3. The molecule has 6 nitrogen and oxygen atoms in total. The number of aryl methyl sites for hydroxylation is 1. The highest BCUT2D eigenvalue weighted by Crippen LogP contribution is 2.26. The first-order valence-corrected chi connectivity index (χ1v) is 12.2. The van der Waals surface area contributed by atoms with Crippen LogP contribution >= 0.6 is 11.3 Å². The van der Waals surface area contributed by atoms with E-state index in [0.717, 1.165) is 35.8 Å². The van der Waals surface area contributed by atoms with Crippen molar-refractivity contribution in [3.63, 3.8) is 0 Å². The number of rotatable bonds is 6. The third-order valence-electron chi connectivity index (χ3n) is 5.81. The lowest BCUT2D eigenvalue weighted by Crippen LogP contribution is -2.42. The van der Waals surface area contributed by atoms with E-state index in [-0.39, 0.29) is 18.4 Å². The normalized spacial score (nSPS) is 18.1. The number of hydrogen-bond acceptors (Lipinski definition) is 5. The predicted molar refractivity (Wildman–Crippen MR) is 135 cm³/mol. The maximum Gasteiger partial charge on any atom is 0.255 e. The summed E-state index contributed by atoms with van der Waals surface area (Å²) in [6, 6.07) is 15.1. The molecule has 3 aromatic rings. The number of carbonyl (C=O) groups excluding carboxylic acids is 2. The Morgan fingerprint density at radius 1 is 1.09 bits per heavy atom. The second-order valence-electron chi connectivity index (χ2n) is 8.94. The van der Waals surface area contributed by atoms with E-state index in [1.165, 1.54) is 0 Å². The molecule has 0 aliphatic carbocycles. The number of likely N-dealkylation sites (tertiary alicyclic amines) is 1. The third kappa shape index (κ3) is 5.79. The van der Waals surface area contributed by atoms with Crippen LogP contribution in [-0.2, 0) is 4.79 Å². The summed E-state index contributed by atoms with van der Waals surface area (Å²) in [7, 11) is 0. The molecule has 4 rings (SSSR count). The van der Waals surface area contributed by atoms with Crippen LogP contribution in [-0.4, -0.2) is 41.3 Å². The van der Waals surface area contributed by atoms with E-state index in [9.17, 15) is 9.59 Å². The van der Waals surface area contributed by atoms with Crippen molar-refractivity contribution >= 4 is 34.5 Å². The largest absolute Gasteiger partial charge is 0.376 e. The van der Waals surface area contributed by atoms with E-state index in [0.29, 0.717) is 28.8 Å². The summed E-state index contributed by atoms with van der Waals surface area (Å²) in [4.78, 5) is 32.3. The van der Waals surface area contributed by atoms with Crippen LogP contribution in [0.15, 0.2) is 53.9 Å². The molecule has 1 aromatic heterocycles. The Morgan fingerprint density at radius 2 is 1.85 bits per heavy atom. The molecule has 2 heterocycles. The van der Waals surface area contributed by atoms with Gasteiger partial charge in [-0.2, -0.15) is 0 Å². The van der Waals surface area contributed by atoms with Gasteiger partial charge >= 0.3 is 0 Å².